The maximum absolute atomic E-state index is 6.01. The summed E-state index contributed by atoms with van der Waals surface area (Å²) in [4.78, 5) is 2.67. The van der Waals surface area contributed by atoms with Crippen LogP contribution in [0, 0.1) is 5.92 Å². The first-order valence-corrected chi connectivity index (χ1v) is 9.29. The molecule has 1 aromatic heterocycles. The van der Waals surface area contributed by atoms with E-state index in [9.17, 15) is 0 Å². The normalized spacial score (nSPS) is 25.0. The number of hydrogen-bond acceptors (Lipinski definition) is 6. The molecule has 25 heavy (non-hydrogen) atoms. The zero-order valence-electron chi connectivity index (χ0n) is 14.5. The molecule has 1 saturated heterocycles. The summed E-state index contributed by atoms with van der Waals surface area (Å²) >= 11 is 0. The van der Waals surface area contributed by atoms with Crippen LogP contribution in [0.3, 0.4) is 0 Å². The van der Waals surface area contributed by atoms with E-state index in [1.54, 1.807) is 11.0 Å². The molecule has 1 aromatic carbocycles. The highest BCUT2D eigenvalue weighted by molar-refractivity contribution is 5.36. The van der Waals surface area contributed by atoms with Gasteiger partial charge >= 0.3 is 0 Å². The summed E-state index contributed by atoms with van der Waals surface area (Å²) in [5.41, 5.74) is 0.939. The molecule has 7 heteroatoms. The topological polar surface area (TPSA) is 68.1 Å². The predicted octanol–water partition coefficient (Wildman–Crippen LogP) is 1.51. The molecule has 4 rings (SSSR count). The summed E-state index contributed by atoms with van der Waals surface area (Å²) in [6.07, 6.45) is 6.76. The summed E-state index contributed by atoms with van der Waals surface area (Å²) in [6.45, 7) is 5.52. The quantitative estimate of drug-likeness (QED) is 0.888. The number of benzene rings is 1. The van der Waals surface area contributed by atoms with Crippen molar-refractivity contribution in [1.29, 1.82) is 0 Å². The number of nitrogens with one attached hydrogen (secondary N) is 1. The minimum absolute atomic E-state index is 0.679. The molecule has 0 spiro atoms. The van der Waals surface area contributed by atoms with E-state index in [1.165, 1.54) is 38.8 Å². The van der Waals surface area contributed by atoms with Crippen LogP contribution in [0.4, 0.5) is 0 Å². The monoisotopic (exact) mass is 342 g/mol. The summed E-state index contributed by atoms with van der Waals surface area (Å²) in [5, 5.41) is 14.6. The molecule has 7 nitrogen and oxygen atoms in total. The molecule has 2 fully saturated rings. The number of ether oxygens (including phenoxy) is 1. The van der Waals surface area contributed by atoms with Crippen molar-refractivity contribution in [3.05, 3.63) is 30.6 Å². The van der Waals surface area contributed by atoms with E-state index in [0.717, 1.165) is 37.2 Å². The summed E-state index contributed by atoms with van der Waals surface area (Å²) in [6, 6.07) is 8.72. The van der Waals surface area contributed by atoms with Gasteiger partial charge in [0, 0.05) is 32.2 Å². The van der Waals surface area contributed by atoms with E-state index in [1.807, 2.05) is 24.3 Å². The Morgan fingerprint density at radius 2 is 1.80 bits per heavy atom. The number of rotatable bonds is 5. The van der Waals surface area contributed by atoms with Crippen LogP contribution in [0.5, 0.6) is 5.75 Å². The van der Waals surface area contributed by atoms with Crippen molar-refractivity contribution in [3.63, 3.8) is 0 Å². The molecule has 0 atom stereocenters. The van der Waals surface area contributed by atoms with Crippen LogP contribution >= 0.6 is 0 Å². The third-order valence-electron chi connectivity index (χ3n) is 5.42. The third-order valence-corrected chi connectivity index (χ3v) is 5.42. The molecule has 0 unspecified atom stereocenters. The van der Waals surface area contributed by atoms with Crippen molar-refractivity contribution in [3.8, 4) is 11.4 Å². The number of tetrazole rings is 1. The molecule has 1 N–H and O–H groups in total. The van der Waals surface area contributed by atoms with Crippen molar-refractivity contribution >= 4 is 0 Å². The molecule has 0 radical (unpaired) electrons. The van der Waals surface area contributed by atoms with Crippen molar-refractivity contribution in [2.75, 3.05) is 32.8 Å². The van der Waals surface area contributed by atoms with E-state index in [-0.39, 0.29) is 0 Å². The third kappa shape index (κ3) is 4.16. The predicted molar refractivity (Wildman–Crippen MR) is 94.8 cm³/mol. The van der Waals surface area contributed by atoms with Gasteiger partial charge in [0.05, 0.1) is 12.3 Å². The van der Waals surface area contributed by atoms with Gasteiger partial charge in [-0.05, 0) is 66.3 Å². The number of piperazine rings is 1. The molecule has 1 aliphatic carbocycles. The van der Waals surface area contributed by atoms with Crippen LogP contribution in [0.2, 0.25) is 0 Å². The first-order chi connectivity index (χ1) is 12.4. The van der Waals surface area contributed by atoms with Crippen LogP contribution in [-0.2, 0) is 0 Å². The van der Waals surface area contributed by atoms with Crippen LogP contribution in [0.15, 0.2) is 30.6 Å². The highest BCUT2D eigenvalue weighted by Crippen LogP contribution is 2.28. The fourth-order valence-electron chi connectivity index (χ4n) is 3.91. The van der Waals surface area contributed by atoms with Crippen LogP contribution in [0.1, 0.15) is 25.7 Å². The molecular weight excluding hydrogens is 316 g/mol. The van der Waals surface area contributed by atoms with E-state index in [0.29, 0.717) is 5.92 Å². The largest absolute Gasteiger partial charge is 0.493 e. The van der Waals surface area contributed by atoms with Crippen LogP contribution in [-0.4, -0.2) is 63.9 Å². The summed E-state index contributed by atoms with van der Waals surface area (Å²) in [5.74, 6) is 1.60. The number of aromatic nitrogens is 4. The van der Waals surface area contributed by atoms with Gasteiger partial charge in [0.15, 0.2) is 0 Å². The zero-order chi connectivity index (χ0) is 16.9. The smallest absolute Gasteiger partial charge is 0.143 e. The van der Waals surface area contributed by atoms with E-state index >= 15 is 0 Å². The Balaban J connectivity index is 1.22. The Labute approximate surface area is 148 Å². The van der Waals surface area contributed by atoms with Gasteiger partial charge in [0.25, 0.3) is 0 Å². The van der Waals surface area contributed by atoms with Gasteiger partial charge in [-0.3, -0.25) is 4.90 Å². The van der Waals surface area contributed by atoms with Crippen molar-refractivity contribution in [2.45, 2.75) is 31.7 Å². The average Bonchev–Trinajstić information content (AvgIpc) is 3.23. The molecule has 2 aliphatic rings. The first-order valence-electron chi connectivity index (χ1n) is 9.29. The molecular formula is C18H26N6O. The average molecular weight is 342 g/mol. The van der Waals surface area contributed by atoms with Gasteiger partial charge in [-0.15, -0.1) is 5.10 Å². The maximum Gasteiger partial charge on any atom is 0.143 e. The Morgan fingerprint density at radius 3 is 2.48 bits per heavy atom. The van der Waals surface area contributed by atoms with Gasteiger partial charge in [0.2, 0.25) is 0 Å². The van der Waals surface area contributed by atoms with Crippen molar-refractivity contribution in [1.82, 2.24) is 30.4 Å². The minimum atomic E-state index is 0.679. The van der Waals surface area contributed by atoms with Gasteiger partial charge in [-0.25, -0.2) is 4.68 Å². The molecule has 2 aromatic rings. The lowest BCUT2D eigenvalue weighted by atomic mass is 9.85. The summed E-state index contributed by atoms with van der Waals surface area (Å²) in [7, 11) is 0. The fraction of sp³-hybridized carbons (Fsp3) is 0.611. The molecule has 0 bridgehead atoms. The Bertz CT molecular complexity index is 630. The van der Waals surface area contributed by atoms with Gasteiger partial charge < -0.3 is 10.1 Å². The van der Waals surface area contributed by atoms with Gasteiger partial charge in [-0.1, -0.05) is 0 Å². The lowest BCUT2D eigenvalue weighted by Crippen LogP contribution is -2.49. The standard InChI is InChI=1S/C18H26N6O/c1-3-16(23-11-9-19-10-12-23)4-2-15(1)13-25-18-7-5-17(6-8-18)24-14-20-21-22-24/h5-8,14-16,19H,1-4,9-13H2. The van der Waals surface area contributed by atoms with Crippen molar-refractivity contribution < 1.29 is 4.74 Å². The Kier molecular flexibility index (Phi) is 5.22. The molecule has 2 heterocycles. The van der Waals surface area contributed by atoms with E-state index in [4.69, 9.17) is 4.74 Å². The zero-order valence-corrected chi connectivity index (χ0v) is 14.5. The molecule has 134 valence electrons. The second kappa shape index (κ2) is 7.93. The van der Waals surface area contributed by atoms with Crippen molar-refractivity contribution in [2.24, 2.45) is 5.92 Å². The van der Waals surface area contributed by atoms with Crippen LogP contribution in [0.25, 0.3) is 5.69 Å². The summed E-state index contributed by atoms with van der Waals surface area (Å²) < 4.78 is 7.65. The fourth-order valence-corrected chi connectivity index (χ4v) is 3.91. The molecule has 0 amide bonds. The minimum Gasteiger partial charge on any atom is -0.493 e. The number of hydrogen-bond donors (Lipinski definition) is 1. The highest BCUT2D eigenvalue weighted by atomic mass is 16.5. The Hall–Kier alpha value is -1.99. The second-order valence-corrected chi connectivity index (χ2v) is 7.02. The van der Waals surface area contributed by atoms with E-state index in [2.05, 4.69) is 25.7 Å². The Morgan fingerprint density at radius 1 is 1.04 bits per heavy atom. The molecule has 1 aliphatic heterocycles. The van der Waals surface area contributed by atoms with E-state index < -0.39 is 0 Å². The number of nitrogens with zero attached hydrogens (tertiary/aromatic N) is 5. The SMILES string of the molecule is c1cc(-n2cnnn2)ccc1OCC1CCC(N2CCNCC2)CC1. The second-order valence-electron chi connectivity index (χ2n) is 7.02. The first kappa shape index (κ1) is 16.5. The van der Waals surface area contributed by atoms with Gasteiger partial charge in [-0.2, -0.15) is 0 Å². The lowest BCUT2D eigenvalue weighted by molar-refractivity contribution is 0.106. The molecule has 1 saturated carbocycles. The lowest BCUT2D eigenvalue weighted by Gasteiger charge is -2.39. The maximum atomic E-state index is 6.01. The van der Waals surface area contributed by atoms with Crippen LogP contribution < -0.4 is 10.1 Å². The van der Waals surface area contributed by atoms with Gasteiger partial charge in [0.1, 0.15) is 12.1 Å². The highest BCUT2D eigenvalue weighted by Gasteiger charge is 2.26.